The number of hydrogen-bond donors (Lipinski definition) is 0. The third kappa shape index (κ3) is 6.41. The van der Waals surface area contributed by atoms with E-state index in [9.17, 15) is 0 Å². The van der Waals surface area contributed by atoms with Crippen LogP contribution in [0.2, 0.25) is 12.6 Å². The minimum Gasteiger partial charge on any atom is -0.198 e. The van der Waals surface area contributed by atoms with E-state index < -0.39 is 6.69 Å². The number of halogens is 2. The largest absolute Gasteiger partial charge is 0.248 e. The Bertz CT molecular complexity index is 136. The average molecular weight is 196 g/mol. The topological polar surface area (TPSA) is 23.8 Å². The molecule has 0 amide bonds. The lowest BCUT2D eigenvalue weighted by Gasteiger charge is -2.09. The quantitative estimate of drug-likeness (QED) is 0.502. The maximum Gasteiger partial charge on any atom is 0.248 e. The highest BCUT2D eigenvalue weighted by Gasteiger charge is 2.21. The molecule has 58 valence electrons. The molecule has 1 nitrogen and oxygen atoms in total. The molecule has 0 aromatic rings. The summed E-state index contributed by atoms with van der Waals surface area (Å²) in [6.07, 6.45) is 0.826. The number of hydrogen-bond acceptors (Lipinski definition) is 1. The fraction of sp³-hybridized carbons (Fsp3) is 0.833. The van der Waals surface area contributed by atoms with Crippen LogP contribution in [0.25, 0.3) is 0 Å². The summed E-state index contributed by atoms with van der Waals surface area (Å²) >= 11 is 11.7. The molecule has 0 rings (SSSR count). The van der Waals surface area contributed by atoms with Crippen molar-refractivity contribution in [2.24, 2.45) is 5.92 Å². The minimum atomic E-state index is -1.94. The highest BCUT2D eigenvalue weighted by atomic mass is 35.7. The minimum absolute atomic E-state index is 0.0873. The van der Waals surface area contributed by atoms with Gasteiger partial charge >= 0.3 is 0 Å². The van der Waals surface area contributed by atoms with Gasteiger partial charge in [0.25, 0.3) is 0 Å². The summed E-state index contributed by atoms with van der Waals surface area (Å²) in [5.74, 6) is 0.0873. The Hall–Kier alpha value is 0.287. The molecule has 0 radical (unpaired) electrons. The molecule has 0 heterocycles. The van der Waals surface area contributed by atoms with Gasteiger partial charge in [-0.2, -0.15) is 5.26 Å². The van der Waals surface area contributed by atoms with Crippen molar-refractivity contribution >= 4 is 28.9 Å². The van der Waals surface area contributed by atoms with E-state index in [4.69, 9.17) is 27.4 Å². The summed E-state index contributed by atoms with van der Waals surface area (Å²) in [5, 5.41) is 8.41. The van der Waals surface area contributed by atoms with E-state index >= 15 is 0 Å². The Labute approximate surface area is 72.4 Å². The van der Waals surface area contributed by atoms with Gasteiger partial charge in [-0.05, 0) is 25.9 Å². The summed E-state index contributed by atoms with van der Waals surface area (Å²) in [7, 11) is 0. The van der Waals surface area contributed by atoms with E-state index in [1.54, 1.807) is 0 Å². The maximum absolute atomic E-state index is 8.41. The van der Waals surface area contributed by atoms with Crippen molar-refractivity contribution in [1.82, 2.24) is 0 Å². The highest BCUT2D eigenvalue weighted by Crippen LogP contribution is 2.23. The first-order valence-corrected chi connectivity index (χ1v) is 7.96. The van der Waals surface area contributed by atoms with Gasteiger partial charge in [0.1, 0.15) is 0 Å². The summed E-state index contributed by atoms with van der Waals surface area (Å²) in [6, 6.07) is 2.95. The van der Waals surface area contributed by atoms with Crippen molar-refractivity contribution in [2.45, 2.75) is 25.9 Å². The van der Waals surface area contributed by atoms with Gasteiger partial charge in [0.2, 0.25) is 6.69 Å². The van der Waals surface area contributed by atoms with Crippen LogP contribution < -0.4 is 0 Å². The molecule has 0 fully saturated rings. The lowest BCUT2D eigenvalue weighted by molar-refractivity contribution is 0.708. The lowest BCUT2D eigenvalue weighted by Crippen LogP contribution is -2.13. The first-order chi connectivity index (χ1) is 4.45. The molecule has 10 heavy (non-hydrogen) atoms. The van der Waals surface area contributed by atoms with Crippen LogP contribution in [0.4, 0.5) is 0 Å². The van der Waals surface area contributed by atoms with Crippen molar-refractivity contribution in [3.05, 3.63) is 0 Å². The Morgan fingerprint density at radius 1 is 1.60 bits per heavy atom. The monoisotopic (exact) mass is 195 g/mol. The fourth-order valence-corrected chi connectivity index (χ4v) is 2.13. The first-order valence-electron chi connectivity index (χ1n) is 3.23. The van der Waals surface area contributed by atoms with Gasteiger partial charge in [0.05, 0.1) is 6.07 Å². The zero-order valence-electron chi connectivity index (χ0n) is 6.19. The van der Waals surface area contributed by atoms with Gasteiger partial charge in [-0.15, -0.1) is 22.2 Å². The predicted octanol–water partition coefficient (Wildman–Crippen LogP) is 3.09. The number of rotatable bonds is 3. The first kappa shape index (κ1) is 10.3. The van der Waals surface area contributed by atoms with E-state index in [1.165, 1.54) is 0 Å². The fourth-order valence-electron chi connectivity index (χ4n) is 0.535. The molecule has 0 unspecified atom stereocenters. The molecule has 0 bridgehead atoms. The van der Waals surface area contributed by atoms with Crippen LogP contribution in [-0.4, -0.2) is 6.69 Å². The van der Waals surface area contributed by atoms with E-state index in [0.29, 0.717) is 0 Å². The second kappa shape index (κ2) is 4.22. The molecule has 0 saturated carbocycles. The van der Waals surface area contributed by atoms with Crippen LogP contribution in [-0.2, 0) is 0 Å². The summed E-state index contributed by atoms with van der Waals surface area (Å²) in [5.41, 5.74) is 0. The SMILES string of the molecule is C[C@@H](C#N)CC[Si](C)(Cl)Cl. The van der Waals surface area contributed by atoms with Gasteiger partial charge in [-0.3, -0.25) is 0 Å². The van der Waals surface area contributed by atoms with Crippen molar-refractivity contribution in [1.29, 1.82) is 5.26 Å². The molecule has 4 heteroatoms. The smallest absolute Gasteiger partial charge is 0.198 e. The molecule has 1 atom stereocenters. The van der Waals surface area contributed by atoms with Crippen LogP contribution in [0.3, 0.4) is 0 Å². The van der Waals surface area contributed by atoms with Gasteiger partial charge in [0.15, 0.2) is 0 Å². The average Bonchev–Trinajstić information content (AvgIpc) is 1.81. The third-order valence-electron chi connectivity index (χ3n) is 1.24. The molecule has 0 aliphatic carbocycles. The van der Waals surface area contributed by atoms with Crippen molar-refractivity contribution in [3.8, 4) is 6.07 Å². The summed E-state index contributed by atoms with van der Waals surface area (Å²) < 4.78 is 0. The van der Waals surface area contributed by atoms with E-state index in [2.05, 4.69) is 6.07 Å². The highest BCUT2D eigenvalue weighted by molar-refractivity contribution is 7.44. The molecular formula is C6H11Cl2NSi. The van der Waals surface area contributed by atoms with Crippen molar-refractivity contribution in [2.75, 3.05) is 0 Å². The molecular weight excluding hydrogens is 185 g/mol. The lowest BCUT2D eigenvalue weighted by atomic mass is 10.1. The van der Waals surface area contributed by atoms with Gasteiger partial charge in [-0.25, -0.2) is 0 Å². The Balaban J connectivity index is 3.48. The van der Waals surface area contributed by atoms with Crippen molar-refractivity contribution < 1.29 is 0 Å². The van der Waals surface area contributed by atoms with Crippen LogP contribution in [0.15, 0.2) is 0 Å². The second-order valence-electron chi connectivity index (χ2n) is 2.64. The molecule has 0 saturated heterocycles. The van der Waals surface area contributed by atoms with Gasteiger partial charge in [-0.1, -0.05) is 0 Å². The van der Waals surface area contributed by atoms with E-state index in [-0.39, 0.29) is 5.92 Å². The Morgan fingerprint density at radius 3 is 2.40 bits per heavy atom. The summed E-state index contributed by atoms with van der Waals surface area (Å²) in [4.78, 5) is 0. The standard InChI is InChI=1S/C6H11Cl2NSi/c1-6(5-9)3-4-10(2,7)8/h6H,3-4H2,1-2H3/t6-/m1/s1. The number of nitrogens with zero attached hydrogens (tertiary/aromatic N) is 1. The molecule has 0 spiro atoms. The molecule has 0 N–H and O–H groups in total. The molecule has 0 aliphatic rings. The Kier molecular flexibility index (Phi) is 4.35. The zero-order chi connectivity index (χ0) is 8.20. The van der Waals surface area contributed by atoms with Crippen LogP contribution in [0.5, 0.6) is 0 Å². The maximum atomic E-state index is 8.41. The zero-order valence-corrected chi connectivity index (χ0v) is 8.71. The van der Waals surface area contributed by atoms with Crippen LogP contribution >= 0.6 is 22.2 Å². The van der Waals surface area contributed by atoms with Crippen LogP contribution in [0, 0.1) is 17.2 Å². The molecule has 0 aromatic carbocycles. The molecule has 0 aliphatic heterocycles. The van der Waals surface area contributed by atoms with Crippen molar-refractivity contribution in [3.63, 3.8) is 0 Å². The third-order valence-corrected chi connectivity index (χ3v) is 3.54. The van der Waals surface area contributed by atoms with Gasteiger partial charge in [0, 0.05) is 5.92 Å². The van der Waals surface area contributed by atoms with E-state index in [1.807, 2.05) is 13.5 Å². The Morgan fingerprint density at radius 2 is 2.10 bits per heavy atom. The normalized spacial score (nSPS) is 14.3. The summed E-state index contributed by atoms with van der Waals surface area (Å²) in [6.45, 7) is 1.82. The number of nitriles is 1. The second-order valence-corrected chi connectivity index (χ2v) is 10.9. The predicted molar refractivity (Wildman–Crippen MR) is 47.5 cm³/mol. The van der Waals surface area contributed by atoms with Gasteiger partial charge < -0.3 is 0 Å². The van der Waals surface area contributed by atoms with E-state index in [0.717, 1.165) is 12.5 Å². The molecule has 0 aromatic heterocycles. The van der Waals surface area contributed by atoms with Crippen LogP contribution in [0.1, 0.15) is 13.3 Å².